The number of nitrogens with one attached hydrogen (secondary N) is 1. The monoisotopic (exact) mass is 253 g/mol. The first-order valence-electron chi connectivity index (χ1n) is 6.51. The number of hydrogen-bond acceptors (Lipinski definition) is 3. The smallest absolute Gasteiger partial charge is 0.129 e. The Morgan fingerprint density at radius 1 is 1.24 bits per heavy atom. The molecule has 0 atom stereocenters. The molecule has 1 rings (SSSR count). The zero-order valence-electron chi connectivity index (χ0n) is 11.1. The second-order valence-electron chi connectivity index (χ2n) is 4.22. The average molecular weight is 253 g/mol. The van der Waals surface area contributed by atoms with Crippen molar-refractivity contribution < 1.29 is 0 Å². The Bertz CT molecular complexity index is 382. The number of likely N-dealkylation sites (N-methyl/N-ethyl adjacent to an activating group) is 1. The molecular formula is C13H23N3S. The van der Waals surface area contributed by atoms with Crippen molar-refractivity contribution in [2.45, 2.75) is 40.0 Å². The van der Waals surface area contributed by atoms with Crippen molar-refractivity contribution in [2.75, 3.05) is 19.6 Å². The minimum atomic E-state index is 0.710. The van der Waals surface area contributed by atoms with Crippen LogP contribution in [0.3, 0.4) is 0 Å². The minimum absolute atomic E-state index is 0.710. The highest BCUT2D eigenvalue weighted by atomic mass is 32.1. The maximum atomic E-state index is 5.19. The fourth-order valence-electron chi connectivity index (χ4n) is 1.89. The molecule has 0 saturated heterocycles. The van der Waals surface area contributed by atoms with Gasteiger partial charge in [-0.1, -0.05) is 39.4 Å². The van der Waals surface area contributed by atoms with Gasteiger partial charge in [0.05, 0.1) is 0 Å². The summed E-state index contributed by atoms with van der Waals surface area (Å²) in [5.41, 5.74) is 1.21. The van der Waals surface area contributed by atoms with Gasteiger partial charge in [0.25, 0.3) is 0 Å². The van der Waals surface area contributed by atoms with Crippen LogP contribution in [0.2, 0.25) is 0 Å². The number of rotatable bonds is 7. The van der Waals surface area contributed by atoms with E-state index in [0.717, 1.165) is 44.7 Å². The molecule has 3 nitrogen and oxygen atoms in total. The lowest BCUT2D eigenvalue weighted by Gasteiger charge is -2.17. The molecule has 0 aromatic carbocycles. The Labute approximate surface area is 109 Å². The number of aromatic nitrogens is 2. The molecule has 96 valence electrons. The van der Waals surface area contributed by atoms with Crippen LogP contribution in [-0.4, -0.2) is 34.5 Å². The van der Waals surface area contributed by atoms with Crippen LogP contribution in [0.15, 0.2) is 6.07 Å². The average Bonchev–Trinajstić information content (AvgIpc) is 2.30. The maximum Gasteiger partial charge on any atom is 0.129 e. The van der Waals surface area contributed by atoms with Crippen LogP contribution in [0.25, 0.3) is 0 Å². The Kier molecular flexibility index (Phi) is 6.37. The lowest BCUT2D eigenvalue weighted by Crippen LogP contribution is -2.26. The van der Waals surface area contributed by atoms with Gasteiger partial charge in [0, 0.05) is 18.7 Å². The molecule has 17 heavy (non-hydrogen) atoms. The zero-order valence-corrected chi connectivity index (χ0v) is 11.9. The van der Waals surface area contributed by atoms with E-state index < -0.39 is 0 Å². The van der Waals surface area contributed by atoms with Crippen molar-refractivity contribution in [1.82, 2.24) is 14.9 Å². The van der Waals surface area contributed by atoms with Crippen LogP contribution in [0, 0.1) is 4.64 Å². The Morgan fingerprint density at radius 3 is 2.53 bits per heavy atom. The first kappa shape index (κ1) is 14.3. The molecule has 1 aromatic rings. The summed E-state index contributed by atoms with van der Waals surface area (Å²) in [5.74, 6) is 1.02. The quantitative estimate of drug-likeness (QED) is 0.758. The summed E-state index contributed by atoms with van der Waals surface area (Å²) >= 11 is 5.19. The normalized spacial score (nSPS) is 11.1. The van der Waals surface area contributed by atoms with Crippen LogP contribution in [0.5, 0.6) is 0 Å². The molecule has 0 spiro atoms. The van der Waals surface area contributed by atoms with Crippen molar-refractivity contribution in [3.8, 4) is 0 Å². The number of aryl methyl sites for hydroxylation is 1. The van der Waals surface area contributed by atoms with Crippen LogP contribution in [-0.2, 0) is 12.8 Å². The molecule has 0 saturated carbocycles. The molecule has 0 aliphatic carbocycles. The first-order chi connectivity index (χ1) is 8.19. The number of nitrogens with zero attached hydrogens (tertiary/aromatic N) is 2. The summed E-state index contributed by atoms with van der Waals surface area (Å²) in [6.07, 6.45) is 3.12. The van der Waals surface area contributed by atoms with E-state index in [0.29, 0.717) is 4.64 Å². The van der Waals surface area contributed by atoms with Gasteiger partial charge in [-0.25, -0.2) is 4.98 Å². The van der Waals surface area contributed by atoms with Crippen LogP contribution < -0.4 is 0 Å². The molecule has 0 bridgehead atoms. The van der Waals surface area contributed by atoms with Gasteiger partial charge in [-0.05, 0) is 25.6 Å². The second-order valence-corrected chi connectivity index (χ2v) is 4.64. The molecule has 0 radical (unpaired) electrons. The van der Waals surface area contributed by atoms with Crippen LogP contribution in [0.4, 0.5) is 0 Å². The van der Waals surface area contributed by atoms with E-state index in [2.05, 4.69) is 35.6 Å². The van der Waals surface area contributed by atoms with Crippen molar-refractivity contribution in [1.29, 1.82) is 0 Å². The van der Waals surface area contributed by atoms with E-state index in [-0.39, 0.29) is 0 Å². The summed E-state index contributed by atoms with van der Waals surface area (Å²) in [4.78, 5) is 10.2. The molecule has 0 amide bonds. The summed E-state index contributed by atoms with van der Waals surface area (Å²) in [5, 5.41) is 0. The second kappa shape index (κ2) is 7.56. The standard InChI is InChI=1S/C13H23N3S/c1-4-7-11-10-13(17)15-12(14-11)8-9-16(5-2)6-3/h10H,4-9H2,1-3H3,(H,14,15,17). The lowest BCUT2D eigenvalue weighted by atomic mass is 10.2. The Hall–Kier alpha value is -0.740. The SMILES string of the molecule is CCCc1cc(=S)nc(CCN(CC)CC)[nH]1. The number of aromatic amines is 1. The fraction of sp³-hybridized carbons (Fsp3) is 0.692. The Balaban J connectivity index is 2.67. The predicted molar refractivity (Wildman–Crippen MR) is 74.9 cm³/mol. The lowest BCUT2D eigenvalue weighted by molar-refractivity contribution is 0.305. The molecule has 0 unspecified atom stereocenters. The molecular weight excluding hydrogens is 230 g/mol. The molecule has 1 N–H and O–H groups in total. The van der Waals surface area contributed by atoms with Crippen molar-refractivity contribution in [2.24, 2.45) is 0 Å². The zero-order chi connectivity index (χ0) is 12.7. The first-order valence-corrected chi connectivity index (χ1v) is 6.91. The molecule has 0 aliphatic rings. The topological polar surface area (TPSA) is 31.9 Å². The van der Waals surface area contributed by atoms with Gasteiger partial charge in [-0.3, -0.25) is 0 Å². The van der Waals surface area contributed by atoms with E-state index in [4.69, 9.17) is 12.2 Å². The summed E-state index contributed by atoms with van der Waals surface area (Å²) in [6, 6.07) is 1.97. The van der Waals surface area contributed by atoms with Gasteiger partial charge in [-0.2, -0.15) is 0 Å². The number of hydrogen-bond donors (Lipinski definition) is 1. The highest BCUT2D eigenvalue weighted by Gasteiger charge is 2.03. The molecule has 0 aliphatic heterocycles. The molecule has 1 aromatic heterocycles. The van der Waals surface area contributed by atoms with Crippen LogP contribution in [0.1, 0.15) is 38.7 Å². The molecule has 1 heterocycles. The van der Waals surface area contributed by atoms with Gasteiger partial charge < -0.3 is 9.88 Å². The maximum absolute atomic E-state index is 5.19. The third kappa shape index (κ3) is 4.96. The highest BCUT2D eigenvalue weighted by molar-refractivity contribution is 7.71. The summed E-state index contributed by atoms with van der Waals surface area (Å²) in [6.45, 7) is 9.77. The van der Waals surface area contributed by atoms with E-state index >= 15 is 0 Å². The fourth-order valence-corrected chi connectivity index (χ4v) is 2.14. The summed E-state index contributed by atoms with van der Waals surface area (Å²) in [7, 11) is 0. The van der Waals surface area contributed by atoms with Crippen molar-refractivity contribution >= 4 is 12.2 Å². The largest absolute Gasteiger partial charge is 0.347 e. The van der Waals surface area contributed by atoms with Gasteiger partial charge in [0.15, 0.2) is 0 Å². The molecule has 4 heteroatoms. The van der Waals surface area contributed by atoms with E-state index in [1.54, 1.807) is 0 Å². The van der Waals surface area contributed by atoms with E-state index in [9.17, 15) is 0 Å². The number of H-pyrrole nitrogens is 1. The molecule has 0 fully saturated rings. The van der Waals surface area contributed by atoms with E-state index in [1.165, 1.54) is 5.69 Å². The summed E-state index contributed by atoms with van der Waals surface area (Å²) < 4.78 is 0.710. The Morgan fingerprint density at radius 2 is 1.94 bits per heavy atom. The van der Waals surface area contributed by atoms with E-state index in [1.807, 2.05) is 6.07 Å². The highest BCUT2D eigenvalue weighted by Crippen LogP contribution is 2.03. The van der Waals surface area contributed by atoms with Gasteiger partial charge >= 0.3 is 0 Å². The van der Waals surface area contributed by atoms with Gasteiger partial charge in [-0.15, -0.1) is 0 Å². The predicted octanol–water partition coefficient (Wildman–Crippen LogP) is 2.98. The van der Waals surface area contributed by atoms with Gasteiger partial charge in [0.1, 0.15) is 10.5 Å². The third-order valence-corrected chi connectivity index (χ3v) is 3.14. The minimum Gasteiger partial charge on any atom is -0.347 e. The van der Waals surface area contributed by atoms with Crippen molar-refractivity contribution in [3.05, 3.63) is 22.2 Å². The van der Waals surface area contributed by atoms with Gasteiger partial charge in [0.2, 0.25) is 0 Å². The van der Waals surface area contributed by atoms with Crippen LogP contribution >= 0.6 is 12.2 Å². The third-order valence-electron chi connectivity index (χ3n) is 2.93. The van der Waals surface area contributed by atoms with Crippen molar-refractivity contribution in [3.63, 3.8) is 0 Å².